The van der Waals surface area contributed by atoms with Crippen molar-refractivity contribution in [3.63, 3.8) is 0 Å². The van der Waals surface area contributed by atoms with Crippen LogP contribution in [0.15, 0.2) is 239 Å². The number of furan rings is 2. The topological polar surface area (TPSA) is 32.8 Å². The van der Waals surface area contributed by atoms with Crippen molar-refractivity contribution in [2.24, 2.45) is 0 Å². The smallest absolute Gasteiger partial charge is 0.137 e. The van der Waals surface area contributed by atoms with E-state index in [1.54, 1.807) is 0 Å². The van der Waals surface area contributed by atoms with E-state index in [-0.39, 0.29) is 0 Å². The van der Waals surface area contributed by atoms with Crippen LogP contribution >= 0.6 is 0 Å². The predicted molar refractivity (Wildman–Crippen MR) is 327 cm³/mol. The standard InChI is InChI=1S/C74H54N2O2/c1-3-23-53(24-4-1)75(67-39-33-49-19-9-13-29-59(49)73(67)63-31-15-21-47-17-7-11-27-57(47)63)55-35-37-61-65-41-51-44-70-66(42-52(51)43-69(65)77-71(61)45-55)62-38-36-56(46-72(62)78-70)76(54-25-5-2-6-26-54)68-40-34-50-20-10-14-30-60(50)74(68)64-32-16-22-48-18-8-12-28-58(48)64/h1-8,11-12,15-18,21-28,31-46H,9-10,13-14,19-20,29-30H2. The molecule has 0 atom stereocenters. The molecule has 78 heavy (non-hydrogen) atoms. The van der Waals surface area contributed by atoms with Crippen molar-refractivity contribution in [1.82, 2.24) is 0 Å². The van der Waals surface area contributed by atoms with E-state index in [1.807, 2.05) is 0 Å². The van der Waals surface area contributed by atoms with Gasteiger partial charge in [-0.2, -0.15) is 0 Å². The van der Waals surface area contributed by atoms with Crippen LogP contribution in [0.3, 0.4) is 0 Å². The van der Waals surface area contributed by atoms with Gasteiger partial charge in [-0.1, -0.05) is 133 Å². The lowest BCUT2D eigenvalue weighted by Gasteiger charge is -2.31. The molecule has 0 amide bonds. The van der Waals surface area contributed by atoms with E-state index in [0.29, 0.717) is 0 Å². The summed E-state index contributed by atoms with van der Waals surface area (Å²) in [4.78, 5) is 4.88. The summed E-state index contributed by atoms with van der Waals surface area (Å²) in [6.45, 7) is 0. The minimum atomic E-state index is 0.857. The van der Waals surface area contributed by atoms with Gasteiger partial charge >= 0.3 is 0 Å². The zero-order valence-electron chi connectivity index (χ0n) is 43.3. The highest BCUT2D eigenvalue weighted by Crippen LogP contribution is 2.50. The summed E-state index contributed by atoms with van der Waals surface area (Å²) in [7, 11) is 0. The normalized spacial score (nSPS) is 13.5. The van der Waals surface area contributed by atoms with Gasteiger partial charge in [0.05, 0.1) is 11.4 Å². The fourth-order valence-electron chi connectivity index (χ4n) is 13.5. The molecule has 0 unspecified atom stereocenters. The monoisotopic (exact) mass is 1000 g/mol. The van der Waals surface area contributed by atoms with Crippen LogP contribution in [0.5, 0.6) is 0 Å². The molecule has 12 aromatic carbocycles. The minimum Gasteiger partial charge on any atom is -0.456 e. The van der Waals surface area contributed by atoms with Gasteiger partial charge in [0.15, 0.2) is 0 Å². The first kappa shape index (κ1) is 44.9. The number of benzene rings is 12. The molecule has 0 radical (unpaired) electrons. The highest BCUT2D eigenvalue weighted by Gasteiger charge is 2.28. The fraction of sp³-hybridized carbons (Fsp3) is 0.108. The maximum Gasteiger partial charge on any atom is 0.137 e. The van der Waals surface area contributed by atoms with Crippen LogP contribution in [0, 0.1) is 0 Å². The number of anilines is 6. The Balaban J connectivity index is 0.816. The molecule has 372 valence electrons. The third-order valence-corrected chi connectivity index (χ3v) is 17.2. The van der Waals surface area contributed by atoms with E-state index in [2.05, 4.69) is 240 Å². The average molecular weight is 1000 g/mol. The number of nitrogens with zero attached hydrogens (tertiary/aromatic N) is 2. The maximum atomic E-state index is 6.94. The molecule has 4 nitrogen and oxygen atoms in total. The summed E-state index contributed by atoms with van der Waals surface area (Å²) >= 11 is 0. The Morgan fingerprint density at radius 3 is 1.15 bits per heavy atom. The van der Waals surface area contributed by atoms with Crippen LogP contribution in [-0.4, -0.2) is 0 Å². The molecule has 2 heterocycles. The van der Waals surface area contributed by atoms with Crippen LogP contribution < -0.4 is 9.80 Å². The molecule has 0 bridgehead atoms. The first-order chi connectivity index (χ1) is 38.7. The second-order valence-corrected chi connectivity index (χ2v) is 21.6. The highest BCUT2D eigenvalue weighted by atomic mass is 16.3. The van der Waals surface area contributed by atoms with Crippen molar-refractivity contribution >= 4 is 110 Å². The van der Waals surface area contributed by atoms with Gasteiger partial charge in [0.25, 0.3) is 0 Å². The number of fused-ring (bicyclic) bond motifs is 11. The van der Waals surface area contributed by atoms with E-state index in [0.717, 1.165) is 103 Å². The molecule has 2 aliphatic rings. The van der Waals surface area contributed by atoms with Crippen molar-refractivity contribution in [2.75, 3.05) is 9.80 Å². The molecule has 0 N–H and O–H groups in total. The Morgan fingerprint density at radius 2 is 0.679 bits per heavy atom. The van der Waals surface area contributed by atoms with E-state index in [1.165, 1.54) is 103 Å². The van der Waals surface area contributed by atoms with Crippen molar-refractivity contribution in [2.45, 2.75) is 51.4 Å². The van der Waals surface area contributed by atoms with Gasteiger partial charge in [-0.15, -0.1) is 0 Å². The molecule has 0 spiro atoms. The predicted octanol–water partition coefficient (Wildman–Crippen LogP) is 21.0. The van der Waals surface area contributed by atoms with Crippen molar-refractivity contribution in [3.05, 3.63) is 253 Å². The lowest BCUT2D eigenvalue weighted by molar-refractivity contribution is 0.668. The summed E-state index contributed by atoms with van der Waals surface area (Å²) in [5, 5.41) is 11.6. The van der Waals surface area contributed by atoms with Gasteiger partial charge in [0.2, 0.25) is 0 Å². The molecule has 2 aliphatic carbocycles. The van der Waals surface area contributed by atoms with Gasteiger partial charge in [0, 0.05) is 67.6 Å². The third kappa shape index (κ3) is 7.27. The Labute approximate surface area is 453 Å². The van der Waals surface area contributed by atoms with Crippen LogP contribution in [0.2, 0.25) is 0 Å². The zero-order valence-corrected chi connectivity index (χ0v) is 43.3. The quantitative estimate of drug-likeness (QED) is 0.152. The van der Waals surface area contributed by atoms with E-state index >= 15 is 0 Å². The maximum absolute atomic E-state index is 6.94. The summed E-state index contributed by atoms with van der Waals surface area (Å²) in [5.74, 6) is 0. The average Bonchev–Trinajstić information content (AvgIpc) is 4.23. The number of hydrogen-bond donors (Lipinski definition) is 0. The van der Waals surface area contributed by atoms with Gasteiger partial charge in [-0.05, 0) is 202 Å². The van der Waals surface area contributed by atoms with Crippen molar-refractivity contribution in [3.8, 4) is 22.3 Å². The molecule has 16 rings (SSSR count). The van der Waals surface area contributed by atoms with E-state index in [4.69, 9.17) is 8.83 Å². The molecule has 2 aromatic heterocycles. The third-order valence-electron chi connectivity index (χ3n) is 17.2. The molecular weight excluding hydrogens is 949 g/mol. The summed E-state index contributed by atoms with van der Waals surface area (Å²) in [6.07, 6.45) is 9.19. The number of para-hydroxylation sites is 2. The molecule has 14 aromatic rings. The fourth-order valence-corrected chi connectivity index (χ4v) is 13.5. The Kier molecular flexibility index (Phi) is 10.4. The van der Waals surface area contributed by atoms with Crippen LogP contribution in [0.25, 0.3) is 98.4 Å². The molecule has 0 fully saturated rings. The molecule has 0 saturated heterocycles. The summed E-state index contributed by atoms with van der Waals surface area (Å²) in [6, 6.07) is 84.9. The van der Waals surface area contributed by atoms with Gasteiger partial charge in [-0.3, -0.25) is 0 Å². The van der Waals surface area contributed by atoms with Crippen LogP contribution in [0.1, 0.15) is 47.9 Å². The lowest BCUT2D eigenvalue weighted by Crippen LogP contribution is -2.14. The van der Waals surface area contributed by atoms with Crippen LogP contribution in [-0.2, 0) is 25.7 Å². The number of rotatable bonds is 8. The lowest BCUT2D eigenvalue weighted by atomic mass is 9.83. The van der Waals surface area contributed by atoms with Crippen molar-refractivity contribution < 1.29 is 8.83 Å². The molecule has 0 aliphatic heterocycles. The van der Waals surface area contributed by atoms with Gasteiger partial charge < -0.3 is 18.6 Å². The van der Waals surface area contributed by atoms with Crippen LogP contribution in [0.4, 0.5) is 34.1 Å². The second-order valence-electron chi connectivity index (χ2n) is 21.6. The summed E-state index contributed by atoms with van der Waals surface area (Å²) in [5.41, 5.74) is 21.2. The van der Waals surface area contributed by atoms with Crippen molar-refractivity contribution in [1.29, 1.82) is 0 Å². The SMILES string of the molecule is c1ccc(N(c2ccc3c(c2)oc2cc4cc5c(cc4cc23)oc2cc(N(c3ccccc3)c3ccc4c(c3-c3cccc6ccccc36)CCCC4)ccc25)c2ccc3c(c2-c2cccc4ccccc24)CCCC3)cc1. The van der Waals surface area contributed by atoms with E-state index in [9.17, 15) is 0 Å². The molecular formula is C74H54N2O2. The first-order valence-corrected chi connectivity index (χ1v) is 27.9. The van der Waals surface area contributed by atoms with E-state index < -0.39 is 0 Å². The Morgan fingerprint density at radius 1 is 0.269 bits per heavy atom. The summed E-state index contributed by atoms with van der Waals surface area (Å²) < 4.78 is 13.9. The zero-order chi connectivity index (χ0) is 51.3. The largest absolute Gasteiger partial charge is 0.456 e. The molecule has 0 saturated carbocycles. The number of hydrogen-bond acceptors (Lipinski definition) is 4. The Hall–Kier alpha value is -9.38. The minimum absolute atomic E-state index is 0.857. The van der Waals surface area contributed by atoms with Gasteiger partial charge in [-0.25, -0.2) is 0 Å². The number of aryl methyl sites for hydroxylation is 2. The second kappa shape index (κ2) is 18.1. The first-order valence-electron chi connectivity index (χ1n) is 27.9. The highest BCUT2D eigenvalue weighted by molar-refractivity contribution is 6.16. The Bertz CT molecular complexity index is 4390. The van der Waals surface area contributed by atoms with Gasteiger partial charge in [0.1, 0.15) is 22.3 Å². The molecule has 4 heteroatoms.